The van der Waals surface area contributed by atoms with Gasteiger partial charge in [-0.15, -0.1) is 0 Å². The Bertz CT molecular complexity index is 1360. The Morgan fingerprint density at radius 2 is 1.74 bits per heavy atom. The summed E-state index contributed by atoms with van der Waals surface area (Å²) in [7, 11) is 2.07. The summed E-state index contributed by atoms with van der Waals surface area (Å²) in [5, 5.41) is 0. The Kier molecular flexibility index (Phi) is 7.09. The molecule has 3 aliphatic heterocycles. The zero-order valence-electron chi connectivity index (χ0n) is 26.1. The topological polar surface area (TPSA) is 89.4 Å². The van der Waals surface area contributed by atoms with Gasteiger partial charge in [0.1, 0.15) is 17.0 Å². The van der Waals surface area contributed by atoms with Gasteiger partial charge >= 0.3 is 12.2 Å². The number of nitrogens with zero attached hydrogens (tertiary/aromatic N) is 5. The number of rotatable bonds is 3. The van der Waals surface area contributed by atoms with Gasteiger partial charge in [-0.05, 0) is 78.0 Å². The minimum atomic E-state index is -0.598. The first-order valence-corrected chi connectivity index (χ1v) is 15.4. The van der Waals surface area contributed by atoms with E-state index >= 15 is 0 Å². The van der Waals surface area contributed by atoms with Crippen molar-refractivity contribution in [3.05, 3.63) is 29.5 Å². The third-order valence-electron chi connectivity index (χ3n) is 8.98. The number of anilines is 1. The zero-order chi connectivity index (χ0) is 30.0. The van der Waals surface area contributed by atoms with Crippen LogP contribution < -0.4 is 9.64 Å². The number of imidazole rings is 1. The van der Waals surface area contributed by atoms with E-state index in [0.717, 1.165) is 47.1 Å². The normalized spacial score (nSPS) is 23.3. The van der Waals surface area contributed by atoms with Gasteiger partial charge in [-0.3, -0.25) is 4.90 Å². The second-order valence-electron chi connectivity index (χ2n) is 13.8. The number of amides is 2. The van der Waals surface area contributed by atoms with Crippen LogP contribution in [0.1, 0.15) is 71.6 Å². The smallest absolute Gasteiger partial charge is 0.410 e. The van der Waals surface area contributed by atoms with Gasteiger partial charge in [0.25, 0.3) is 0 Å². The molecule has 1 spiro atoms. The fourth-order valence-corrected chi connectivity index (χ4v) is 6.76. The van der Waals surface area contributed by atoms with Crippen LogP contribution >= 0.6 is 0 Å². The average molecular weight is 580 g/mol. The first-order chi connectivity index (χ1) is 19.8. The Morgan fingerprint density at radius 1 is 1.07 bits per heavy atom. The van der Waals surface area contributed by atoms with Crippen molar-refractivity contribution in [3.63, 3.8) is 0 Å². The number of hydrogen-bond donors (Lipinski definition) is 0. The zero-order valence-corrected chi connectivity index (χ0v) is 26.1. The van der Waals surface area contributed by atoms with Crippen molar-refractivity contribution in [3.8, 4) is 17.0 Å². The third kappa shape index (κ3) is 5.28. The molecule has 10 nitrogen and oxygen atoms in total. The van der Waals surface area contributed by atoms with Crippen LogP contribution in [0.4, 0.5) is 15.5 Å². The summed E-state index contributed by atoms with van der Waals surface area (Å²) in [6.07, 6.45) is 3.12. The lowest BCUT2D eigenvalue weighted by molar-refractivity contribution is -0.0109. The molecule has 4 aliphatic rings. The first kappa shape index (κ1) is 28.7. The maximum absolute atomic E-state index is 13.0. The number of piperidine rings is 1. The Morgan fingerprint density at radius 3 is 2.36 bits per heavy atom. The third-order valence-corrected chi connectivity index (χ3v) is 8.98. The van der Waals surface area contributed by atoms with Gasteiger partial charge < -0.3 is 28.6 Å². The summed E-state index contributed by atoms with van der Waals surface area (Å²) in [6, 6.07) is 6.18. The molecular weight excluding hydrogens is 534 g/mol. The van der Waals surface area contributed by atoms with Gasteiger partial charge in [-0.1, -0.05) is 6.07 Å². The van der Waals surface area contributed by atoms with E-state index < -0.39 is 11.2 Å². The summed E-state index contributed by atoms with van der Waals surface area (Å²) in [4.78, 5) is 37.0. The number of carbonyl (C=O) groups excluding carboxylic acids is 2. The van der Waals surface area contributed by atoms with Crippen LogP contribution in [0, 0.1) is 12.8 Å². The van der Waals surface area contributed by atoms with Crippen LogP contribution in [0.15, 0.2) is 18.2 Å². The monoisotopic (exact) mass is 579 g/mol. The molecule has 0 unspecified atom stereocenters. The lowest BCUT2D eigenvalue weighted by atomic mass is 9.83. The lowest BCUT2D eigenvalue weighted by Crippen LogP contribution is -2.60. The number of likely N-dealkylation sites (tertiary alicyclic amines) is 1. The number of aromatic nitrogens is 2. The molecule has 1 aromatic heterocycles. The van der Waals surface area contributed by atoms with Gasteiger partial charge in [-0.25, -0.2) is 14.6 Å². The van der Waals surface area contributed by atoms with E-state index in [1.165, 1.54) is 0 Å². The van der Waals surface area contributed by atoms with Crippen LogP contribution in [0.25, 0.3) is 11.3 Å². The average Bonchev–Trinajstić information content (AvgIpc) is 3.66. The molecule has 2 aromatic rings. The van der Waals surface area contributed by atoms with Gasteiger partial charge in [-0.2, -0.15) is 0 Å². The predicted octanol–water partition coefficient (Wildman–Crippen LogP) is 5.46. The number of benzene rings is 1. The Labute approximate surface area is 248 Å². The van der Waals surface area contributed by atoms with E-state index in [1.54, 1.807) is 0 Å². The fraction of sp³-hybridized carbons (Fsp3) is 0.656. The maximum Gasteiger partial charge on any atom is 0.410 e. The van der Waals surface area contributed by atoms with E-state index in [1.807, 2.05) is 30.6 Å². The molecule has 3 fully saturated rings. The molecule has 2 saturated heterocycles. The van der Waals surface area contributed by atoms with Crippen molar-refractivity contribution in [2.45, 2.75) is 90.5 Å². The van der Waals surface area contributed by atoms with E-state index in [9.17, 15) is 9.59 Å². The van der Waals surface area contributed by atoms with Gasteiger partial charge in [0.15, 0.2) is 5.60 Å². The van der Waals surface area contributed by atoms with Crippen molar-refractivity contribution in [2.24, 2.45) is 13.0 Å². The quantitative estimate of drug-likeness (QED) is 0.477. The molecule has 1 saturated carbocycles. The minimum absolute atomic E-state index is 0.0534. The molecule has 42 heavy (non-hydrogen) atoms. The van der Waals surface area contributed by atoms with Crippen molar-refractivity contribution in [1.82, 2.24) is 19.4 Å². The molecule has 0 bridgehead atoms. The van der Waals surface area contributed by atoms with Crippen LogP contribution in [-0.4, -0.2) is 82.0 Å². The summed E-state index contributed by atoms with van der Waals surface area (Å²) >= 11 is 0. The number of hydrogen-bond acceptors (Lipinski definition) is 7. The minimum Gasteiger partial charge on any atom is -0.480 e. The number of piperazine rings is 1. The molecule has 2 amide bonds. The second kappa shape index (κ2) is 10.4. The molecule has 0 N–H and O–H groups in total. The largest absolute Gasteiger partial charge is 0.480 e. The standard InChI is InChI=1S/C32H45N5O5/c1-20-8-11-24-25(16-20)41-32(12-14-35(15-13-32)29(38)40-19-23-9-10-23)27-26(24)33-28(34(27)7)36-17-21(2)37(22(3)18-36)30(39)42-31(4,5)6/h8,11,16,21-23H,9-10,12-15,17-19H2,1-7H3/t21-,22+. The summed E-state index contributed by atoms with van der Waals surface area (Å²) < 4.78 is 20.4. The maximum atomic E-state index is 13.0. The molecular formula is C32H45N5O5. The summed E-state index contributed by atoms with van der Waals surface area (Å²) in [6.45, 7) is 14.8. The molecule has 2 atom stereocenters. The second-order valence-corrected chi connectivity index (χ2v) is 13.8. The highest BCUT2D eigenvalue weighted by Crippen LogP contribution is 2.50. The Balaban J connectivity index is 1.28. The highest BCUT2D eigenvalue weighted by atomic mass is 16.6. The SMILES string of the molecule is Cc1ccc2c(c1)OC1(CCN(C(=O)OCC3CC3)CC1)c1c-2nc(N2C[C@@H](C)N(C(=O)OC(C)(C)C)[C@@H](C)C2)n1C. The molecule has 1 aromatic carbocycles. The van der Waals surface area contributed by atoms with Gasteiger partial charge in [0.05, 0.1) is 24.4 Å². The van der Waals surface area contributed by atoms with Crippen molar-refractivity contribution in [2.75, 3.05) is 37.7 Å². The van der Waals surface area contributed by atoms with Crippen LogP contribution in [0.2, 0.25) is 0 Å². The van der Waals surface area contributed by atoms with E-state index in [2.05, 4.69) is 55.5 Å². The van der Waals surface area contributed by atoms with E-state index in [4.69, 9.17) is 19.2 Å². The van der Waals surface area contributed by atoms with Gasteiger partial charge in [0, 0.05) is 51.6 Å². The van der Waals surface area contributed by atoms with Crippen molar-refractivity contribution < 1.29 is 23.8 Å². The van der Waals surface area contributed by atoms with Crippen LogP contribution in [-0.2, 0) is 22.1 Å². The number of aryl methyl sites for hydroxylation is 1. The van der Waals surface area contributed by atoms with Crippen LogP contribution in [0.3, 0.4) is 0 Å². The molecule has 228 valence electrons. The molecule has 4 heterocycles. The Hall–Kier alpha value is -3.43. The predicted molar refractivity (Wildman–Crippen MR) is 160 cm³/mol. The first-order valence-electron chi connectivity index (χ1n) is 15.4. The fourth-order valence-electron chi connectivity index (χ4n) is 6.76. The molecule has 6 rings (SSSR count). The summed E-state index contributed by atoms with van der Waals surface area (Å²) in [5.74, 6) is 2.25. The van der Waals surface area contributed by atoms with Crippen LogP contribution in [0.5, 0.6) is 5.75 Å². The van der Waals surface area contributed by atoms with Crippen molar-refractivity contribution >= 4 is 18.1 Å². The number of fused-ring (bicyclic) bond motifs is 4. The van der Waals surface area contributed by atoms with Gasteiger partial charge in [0.2, 0.25) is 5.95 Å². The highest BCUT2D eigenvalue weighted by molar-refractivity contribution is 5.76. The molecule has 10 heteroatoms. The molecule has 1 aliphatic carbocycles. The highest BCUT2D eigenvalue weighted by Gasteiger charge is 2.49. The van der Waals surface area contributed by atoms with E-state index in [-0.39, 0.29) is 24.3 Å². The van der Waals surface area contributed by atoms with E-state index in [0.29, 0.717) is 51.5 Å². The molecule has 0 radical (unpaired) electrons. The lowest BCUT2D eigenvalue weighted by Gasteiger charge is -2.45. The van der Waals surface area contributed by atoms with Crippen molar-refractivity contribution in [1.29, 1.82) is 0 Å². The summed E-state index contributed by atoms with van der Waals surface area (Å²) in [5.41, 5.74) is 2.96. The number of ether oxygens (including phenoxy) is 3. The number of carbonyl (C=O) groups is 2.